The maximum absolute atomic E-state index is 12.0. The first kappa shape index (κ1) is 14.9. The first-order chi connectivity index (χ1) is 10.1. The lowest BCUT2D eigenvalue weighted by Gasteiger charge is -2.06. The Kier molecular flexibility index (Phi) is 5.19. The van der Waals surface area contributed by atoms with E-state index in [2.05, 4.69) is 25.2 Å². The number of amides is 1. The van der Waals surface area contributed by atoms with Crippen molar-refractivity contribution in [3.63, 3.8) is 0 Å². The monoisotopic (exact) mass is 296 g/mol. The van der Waals surface area contributed by atoms with Crippen LogP contribution in [0.25, 0.3) is 0 Å². The van der Waals surface area contributed by atoms with Crippen molar-refractivity contribution in [2.24, 2.45) is 0 Å². The first-order valence-electron chi connectivity index (χ1n) is 6.28. The number of carbonyl (C=O) groups is 1. The third-order valence-electron chi connectivity index (χ3n) is 2.66. The highest BCUT2D eigenvalue weighted by molar-refractivity contribution is 5.78. The summed E-state index contributed by atoms with van der Waals surface area (Å²) in [5, 5.41) is 9.14. The summed E-state index contributed by atoms with van der Waals surface area (Å²) in [4.78, 5) is 15.6. The van der Waals surface area contributed by atoms with Gasteiger partial charge in [-0.05, 0) is 17.7 Å². The van der Waals surface area contributed by atoms with Crippen LogP contribution in [0.5, 0.6) is 5.75 Å². The molecule has 21 heavy (non-hydrogen) atoms. The second kappa shape index (κ2) is 7.32. The molecule has 0 bridgehead atoms. The van der Waals surface area contributed by atoms with Gasteiger partial charge in [0.05, 0.1) is 6.42 Å². The molecule has 0 radical (unpaired) electrons. The zero-order valence-electron chi connectivity index (χ0n) is 11.1. The van der Waals surface area contributed by atoms with E-state index in [4.69, 9.17) is 0 Å². The maximum Gasteiger partial charge on any atom is 0.387 e. The largest absolute Gasteiger partial charge is 0.435 e. The molecule has 0 saturated heterocycles. The molecule has 0 fully saturated rings. The van der Waals surface area contributed by atoms with E-state index < -0.39 is 6.61 Å². The van der Waals surface area contributed by atoms with Crippen molar-refractivity contribution in [2.45, 2.75) is 19.5 Å². The minimum Gasteiger partial charge on any atom is -0.435 e. The summed E-state index contributed by atoms with van der Waals surface area (Å²) in [7, 11) is 0. The van der Waals surface area contributed by atoms with E-state index in [0.29, 0.717) is 24.4 Å². The Labute approximate surface area is 119 Å². The number of aromatic amines is 1. The van der Waals surface area contributed by atoms with Gasteiger partial charge in [-0.2, -0.15) is 13.9 Å². The molecule has 6 nitrogen and oxygen atoms in total. The summed E-state index contributed by atoms with van der Waals surface area (Å²) in [5.74, 6) is 0.611. The molecule has 8 heteroatoms. The van der Waals surface area contributed by atoms with Crippen LogP contribution in [0.3, 0.4) is 0 Å². The van der Waals surface area contributed by atoms with Crippen molar-refractivity contribution in [3.05, 3.63) is 42.0 Å². The molecular weight excluding hydrogens is 282 g/mol. The average molecular weight is 296 g/mol. The molecule has 0 atom stereocenters. The van der Waals surface area contributed by atoms with Crippen LogP contribution in [0.2, 0.25) is 0 Å². The van der Waals surface area contributed by atoms with Gasteiger partial charge in [-0.1, -0.05) is 12.1 Å². The smallest absolute Gasteiger partial charge is 0.387 e. The van der Waals surface area contributed by atoms with E-state index in [1.165, 1.54) is 18.5 Å². The summed E-state index contributed by atoms with van der Waals surface area (Å²) < 4.78 is 28.2. The second-order valence-corrected chi connectivity index (χ2v) is 4.23. The number of H-pyrrole nitrogens is 1. The normalized spacial score (nSPS) is 10.6. The number of benzene rings is 1. The summed E-state index contributed by atoms with van der Waals surface area (Å²) >= 11 is 0. The Morgan fingerprint density at radius 2 is 2.10 bits per heavy atom. The Hall–Kier alpha value is -2.51. The van der Waals surface area contributed by atoms with Gasteiger partial charge in [0, 0.05) is 13.0 Å². The Balaban J connectivity index is 1.74. The van der Waals surface area contributed by atoms with Crippen molar-refractivity contribution in [1.29, 1.82) is 0 Å². The van der Waals surface area contributed by atoms with E-state index in [9.17, 15) is 13.6 Å². The van der Waals surface area contributed by atoms with E-state index in [1.807, 2.05) is 0 Å². The van der Waals surface area contributed by atoms with Crippen LogP contribution in [-0.2, 0) is 17.6 Å². The van der Waals surface area contributed by atoms with E-state index >= 15 is 0 Å². The molecule has 112 valence electrons. The molecule has 1 aromatic carbocycles. The second-order valence-electron chi connectivity index (χ2n) is 4.23. The van der Waals surface area contributed by atoms with Gasteiger partial charge in [0.1, 0.15) is 17.9 Å². The van der Waals surface area contributed by atoms with Gasteiger partial charge in [0.15, 0.2) is 0 Å². The molecule has 1 heterocycles. The van der Waals surface area contributed by atoms with E-state index in [0.717, 1.165) is 0 Å². The maximum atomic E-state index is 12.0. The fourth-order valence-corrected chi connectivity index (χ4v) is 1.71. The number of halogens is 2. The van der Waals surface area contributed by atoms with Crippen LogP contribution in [0.4, 0.5) is 8.78 Å². The molecule has 2 N–H and O–H groups in total. The molecule has 0 saturated carbocycles. The number of nitrogens with one attached hydrogen (secondary N) is 2. The van der Waals surface area contributed by atoms with Crippen LogP contribution in [0.15, 0.2) is 30.6 Å². The van der Waals surface area contributed by atoms with Crippen LogP contribution >= 0.6 is 0 Å². The molecule has 1 aromatic heterocycles. The number of nitrogens with zero attached hydrogens (tertiary/aromatic N) is 2. The van der Waals surface area contributed by atoms with E-state index in [-0.39, 0.29) is 18.1 Å². The van der Waals surface area contributed by atoms with Crippen molar-refractivity contribution >= 4 is 5.91 Å². The van der Waals surface area contributed by atoms with Gasteiger partial charge in [-0.25, -0.2) is 4.98 Å². The van der Waals surface area contributed by atoms with Crippen LogP contribution < -0.4 is 10.1 Å². The fraction of sp³-hybridized carbons (Fsp3) is 0.308. The molecule has 2 rings (SSSR count). The molecule has 0 spiro atoms. The number of aromatic nitrogens is 3. The highest BCUT2D eigenvalue weighted by atomic mass is 19.3. The Bertz CT molecular complexity index is 558. The summed E-state index contributed by atoms with van der Waals surface area (Å²) in [5.41, 5.74) is 0.716. The van der Waals surface area contributed by atoms with Crippen molar-refractivity contribution < 1.29 is 18.3 Å². The number of alkyl halides is 2. The van der Waals surface area contributed by atoms with Gasteiger partial charge >= 0.3 is 6.61 Å². The average Bonchev–Trinajstić information content (AvgIpc) is 2.93. The molecule has 0 aliphatic carbocycles. The fourth-order valence-electron chi connectivity index (χ4n) is 1.71. The van der Waals surface area contributed by atoms with Gasteiger partial charge in [0.25, 0.3) is 0 Å². The quantitative estimate of drug-likeness (QED) is 0.807. The summed E-state index contributed by atoms with van der Waals surface area (Å²) in [6.45, 7) is -2.41. The lowest BCUT2D eigenvalue weighted by Crippen LogP contribution is -2.27. The predicted molar refractivity (Wildman–Crippen MR) is 69.9 cm³/mol. The zero-order valence-corrected chi connectivity index (χ0v) is 11.1. The molecule has 0 aliphatic rings. The van der Waals surface area contributed by atoms with Crippen LogP contribution in [0, 0.1) is 0 Å². The van der Waals surface area contributed by atoms with Gasteiger partial charge < -0.3 is 10.1 Å². The van der Waals surface area contributed by atoms with Gasteiger partial charge in [0.2, 0.25) is 5.91 Å². The minimum absolute atomic E-state index is 0.0690. The highest BCUT2D eigenvalue weighted by Gasteiger charge is 2.06. The highest BCUT2D eigenvalue weighted by Crippen LogP contribution is 2.15. The first-order valence-corrected chi connectivity index (χ1v) is 6.28. The van der Waals surface area contributed by atoms with Gasteiger partial charge in [-0.3, -0.25) is 9.89 Å². The zero-order chi connectivity index (χ0) is 15.1. The number of rotatable bonds is 7. The molecule has 0 aliphatic heterocycles. The third kappa shape index (κ3) is 5.17. The van der Waals surface area contributed by atoms with Gasteiger partial charge in [-0.15, -0.1) is 0 Å². The predicted octanol–water partition coefficient (Wildman–Crippen LogP) is 1.31. The topological polar surface area (TPSA) is 79.9 Å². The van der Waals surface area contributed by atoms with Crippen LogP contribution in [-0.4, -0.2) is 34.2 Å². The lowest BCUT2D eigenvalue weighted by atomic mass is 10.1. The van der Waals surface area contributed by atoms with Crippen LogP contribution in [0.1, 0.15) is 11.4 Å². The van der Waals surface area contributed by atoms with Crippen molar-refractivity contribution in [3.8, 4) is 5.75 Å². The third-order valence-corrected chi connectivity index (χ3v) is 2.66. The van der Waals surface area contributed by atoms with E-state index in [1.54, 1.807) is 12.1 Å². The molecular formula is C13H14F2N4O2. The van der Waals surface area contributed by atoms with Crippen molar-refractivity contribution in [2.75, 3.05) is 6.54 Å². The molecule has 2 aromatic rings. The summed E-state index contributed by atoms with van der Waals surface area (Å²) in [6.07, 6.45) is 2.14. The Morgan fingerprint density at radius 3 is 2.71 bits per heavy atom. The Morgan fingerprint density at radius 1 is 1.33 bits per heavy atom. The number of ether oxygens (including phenoxy) is 1. The van der Waals surface area contributed by atoms with Crippen molar-refractivity contribution in [1.82, 2.24) is 20.5 Å². The molecule has 0 unspecified atom stereocenters. The lowest BCUT2D eigenvalue weighted by molar-refractivity contribution is -0.120. The number of hydrogen-bond acceptors (Lipinski definition) is 4. The number of hydrogen-bond donors (Lipinski definition) is 2. The standard InChI is InChI=1S/C13H14F2N4O2/c14-13(15)21-10-3-1-9(2-4-10)7-12(20)16-6-5-11-17-8-18-19-11/h1-4,8,13H,5-7H2,(H,16,20)(H,17,18,19). The summed E-state index contributed by atoms with van der Waals surface area (Å²) in [6, 6.07) is 5.97. The minimum atomic E-state index is -2.85. The molecule has 1 amide bonds. The SMILES string of the molecule is O=C(Cc1ccc(OC(F)F)cc1)NCCc1ncn[nH]1. The number of carbonyl (C=O) groups excluding carboxylic acids is 1.